The Kier molecular flexibility index (Phi) is 5.96. The maximum atomic E-state index is 12.6. The van der Waals surface area contributed by atoms with Crippen LogP contribution in [0.2, 0.25) is 0 Å². The summed E-state index contributed by atoms with van der Waals surface area (Å²) in [4.78, 5) is 17.5. The van der Waals surface area contributed by atoms with Gasteiger partial charge in [-0.2, -0.15) is 0 Å². The Morgan fingerprint density at radius 3 is 2.78 bits per heavy atom. The van der Waals surface area contributed by atoms with Crippen molar-refractivity contribution in [3.8, 4) is 0 Å². The molecule has 0 aliphatic carbocycles. The number of nitrogens with one attached hydrogen (secondary N) is 2. The van der Waals surface area contributed by atoms with Crippen LogP contribution in [0.15, 0.2) is 51.9 Å². The van der Waals surface area contributed by atoms with Crippen LogP contribution in [0, 0.1) is 12.8 Å². The van der Waals surface area contributed by atoms with Crippen LogP contribution in [-0.4, -0.2) is 21.5 Å². The quantitative estimate of drug-likeness (QED) is 0.631. The van der Waals surface area contributed by atoms with Gasteiger partial charge >= 0.3 is 0 Å². The molecule has 2 N–H and O–H groups in total. The Morgan fingerprint density at radius 2 is 2.07 bits per heavy atom. The third-order valence-electron chi connectivity index (χ3n) is 4.31. The van der Waals surface area contributed by atoms with E-state index in [9.17, 15) is 4.79 Å². The second kappa shape index (κ2) is 8.39. The predicted molar refractivity (Wildman–Crippen MR) is 113 cm³/mol. The monoisotopic (exact) mass is 383 g/mol. The lowest BCUT2D eigenvalue weighted by atomic mass is 10.1. The minimum Gasteiger partial charge on any atom is -0.467 e. The van der Waals surface area contributed by atoms with Crippen molar-refractivity contribution < 1.29 is 4.42 Å². The van der Waals surface area contributed by atoms with E-state index in [0.29, 0.717) is 29.7 Å². The third kappa shape index (κ3) is 4.98. The minimum atomic E-state index is -0.0949. The Balaban J connectivity index is 1.88. The van der Waals surface area contributed by atoms with E-state index in [1.165, 1.54) is 0 Å². The van der Waals surface area contributed by atoms with Gasteiger partial charge in [-0.05, 0) is 60.8 Å². The Morgan fingerprint density at radius 1 is 1.26 bits per heavy atom. The molecule has 0 atom stereocenters. The molecular weight excluding hydrogens is 358 g/mol. The zero-order chi connectivity index (χ0) is 19.4. The fraction of sp³-hybridized carbons (Fsp3) is 0.333. The third-order valence-corrected chi connectivity index (χ3v) is 4.72. The first-order valence-corrected chi connectivity index (χ1v) is 9.51. The van der Waals surface area contributed by atoms with Crippen molar-refractivity contribution in [3.63, 3.8) is 0 Å². The van der Waals surface area contributed by atoms with Gasteiger partial charge in [-0.3, -0.25) is 4.79 Å². The number of hydrogen-bond acceptors (Lipinski definition) is 3. The molecule has 0 radical (unpaired) electrons. The van der Waals surface area contributed by atoms with Crippen LogP contribution in [0.4, 0.5) is 0 Å². The average molecular weight is 384 g/mol. The van der Waals surface area contributed by atoms with Crippen molar-refractivity contribution in [3.05, 3.63) is 69.9 Å². The standard InChI is InChI=1S/C21H25N3O2S/c1-14(2)11-22-21(27)24(13-18-5-4-8-26-18)12-17-10-16-9-15(3)6-7-19(16)23-20(17)25/h4-10,14H,11-13H2,1-3H3,(H,22,27)(H,23,25). The van der Waals surface area contributed by atoms with E-state index in [0.717, 1.165) is 28.8 Å². The van der Waals surface area contributed by atoms with Crippen LogP contribution >= 0.6 is 12.2 Å². The van der Waals surface area contributed by atoms with Gasteiger partial charge in [0, 0.05) is 17.6 Å². The van der Waals surface area contributed by atoms with Crippen LogP contribution in [0.1, 0.15) is 30.7 Å². The molecule has 0 amide bonds. The van der Waals surface area contributed by atoms with Gasteiger partial charge in [-0.1, -0.05) is 25.5 Å². The number of furan rings is 1. The van der Waals surface area contributed by atoms with Crippen molar-refractivity contribution in [2.45, 2.75) is 33.9 Å². The molecule has 2 heterocycles. The zero-order valence-electron chi connectivity index (χ0n) is 15.9. The number of aryl methyl sites for hydroxylation is 1. The first kappa shape index (κ1) is 19.2. The molecule has 0 saturated carbocycles. The Labute approximate surface area is 164 Å². The van der Waals surface area contributed by atoms with Crippen LogP contribution in [0.3, 0.4) is 0 Å². The van der Waals surface area contributed by atoms with Gasteiger partial charge in [0.2, 0.25) is 0 Å². The molecule has 0 aliphatic rings. The topological polar surface area (TPSA) is 61.3 Å². The number of aromatic nitrogens is 1. The van der Waals surface area contributed by atoms with E-state index in [1.807, 2.05) is 42.2 Å². The highest BCUT2D eigenvalue weighted by molar-refractivity contribution is 7.80. The van der Waals surface area contributed by atoms with Gasteiger partial charge in [0.1, 0.15) is 5.76 Å². The summed E-state index contributed by atoms with van der Waals surface area (Å²) in [6.07, 6.45) is 1.64. The smallest absolute Gasteiger partial charge is 0.253 e. The van der Waals surface area contributed by atoms with E-state index < -0.39 is 0 Å². The van der Waals surface area contributed by atoms with Crippen LogP contribution in [-0.2, 0) is 13.1 Å². The molecule has 6 heteroatoms. The molecule has 2 aromatic heterocycles. The summed E-state index contributed by atoms with van der Waals surface area (Å²) in [7, 11) is 0. The number of H-pyrrole nitrogens is 1. The van der Waals surface area contributed by atoms with E-state index in [-0.39, 0.29) is 5.56 Å². The van der Waals surface area contributed by atoms with Gasteiger partial charge in [0.15, 0.2) is 5.11 Å². The second-order valence-corrected chi connectivity index (χ2v) is 7.62. The number of pyridine rings is 1. The number of benzene rings is 1. The fourth-order valence-electron chi connectivity index (χ4n) is 2.89. The highest BCUT2D eigenvalue weighted by Crippen LogP contribution is 2.15. The summed E-state index contributed by atoms with van der Waals surface area (Å²) < 4.78 is 5.48. The van der Waals surface area contributed by atoms with Gasteiger partial charge in [-0.25, -0.2) is 0 Å². The maximum absolute atomic E-state index is 12.6. The molecule has 0 aliphatic heterocycles. The van der Waals surface area contributed by atoms with E-state index in [4.69, 9.17) is 16.6 Å². The van der Waals surface area contributed by atoms with E-state index in [2.05, 4.69) is 30.2 Å². The Bertz CT molecular complexity index is 977. The zero-order valence-corrected chi connectivity index (χ0v) is 16.7. The number of hydrogen-bond donors (Lipinski definition) is 2. The van der Waals surface area contributed by atoms with Gasteiger partial charge in [-0.15, -0.1) is 0 Å². The number of thiocarbonyl (C=S) groups is 1. The van der Waals surface area contributed by atoms with Gasteiger partial charge in [0.05, 0.1) is 19.4 Å². The summed E-state index contributed by atoms with van der Waals surface area (Å²) >= 11 is 5.59. The molecule has 1 aromatic carbocycles. The predicted octanol–water partition coefficient (Wildman–Crippen LogP) is 3.96. The highest BCUT2D eigenvalue weighted by Gasteiger charge is 2.15. The highest BCUT2D eigenvalue weighted by atomic mass is 32.1. The minimum absolute atomic E-state index is 0.0949. The normalized spacial score (nSPS) is 11.1. The lowest BCUT2D eigenvalue weighted by Gasteiger charge is -2.25. The van der Waals surface area contributed by atoms with Gasteiger partial charge < -0.3 is 19.6 Å². The summed E-state index contributed by atoms with van der Waals surface area (Å²) in [6.45, 7) is 7.98. The lowest BCUT2D eigenvalue weighted by Crippen LogP contribution is -2.41. The molecule has 3 rings (SSSR count). The molecule has 5 nitrogen and oxygen atoms in total. The summed E-state index contributed by atoms with van der Waals surface area (Å²) in [5.74, 6) is 1.28. The number of nitrogens with zero attached hydrogens (tertiary/aromatic N) is 1. The van der Waals surface area contributed by atoms with Crippen LogP contribution in [0.25, 0.3) is 10.9 Å². The van der Waals surface area contributed by atoms with E-state index >= 15 is 0 Å². The van der Waals surface area contributed by atoms with Crippen molar-refractivity contribution in [2.24, 2.45) is 5.92 Å². The molecular formula is C21H25N3O2S. The largest absolute Gasteiger partial charge is 0.467 e. The first-order valence-electron chi connectivity index (χ1n) is 9.10. The van der Waals surface area contributed by atoms with Crippen LogP contribution in [0.5, 0.6) is 0 Å². The number of aromatic amines is 1. The molecule has 0 bridgehead atoms. The maximum Gasteiger partial charge on any atom is 0.253 e. The molecule has 0 unspecified atom stereocenters. The average Bonchev–Trinajstić information content (AvgIpc) is 3.13. The molecule has 0 saturated heterocycles. The summed E-state index contributed by atoms with van der Waals surface area (Å²) in [5.41, 5.74) is 2.57. The lowest BCUT2D eigenvalue weighted by molar-refractivity contribution is 0.348. The number of rotatable bonds is 6. The van der Waals surface area contributed by atoms with Crippen molar-refractivity contribution in [1.82, 2.24) is 15.2 Å². The Hall–Kier alpha value is -2.60. The van der Waals surface area contributed by atoms with E-state index in [1.54, 1.807) is 6.26 Å². The van der Waals surface area contributed by atoms with Crippen molar-refractivity contribution >= 4 is 28.2 Å². The number of fused-ring (bicyclic) bond motifs is 1. The van der Waals surface area contributed by atoms with Gasteiger partial charge in [0.25, 0.3) is 5.56 Å². The van der Waals surface area contributed by atoms with Crippen LogP contribution < -0.4 is 10.9 Å². The summed E-state index contributed by atoms with van der Waals surface area (Å²) in [5, 5.41) is 4.92. The van der Waals surface area contributed by atoms with Crippen molar-refractivity contribution in [2.75, 3.05) is 6.54 Å². The second-order valence-electron chi connectivity index (χ2n) is 7.23. The first-order chi connectivity index (χ1) is 12.9. The molecule has 0 fully saturated rings. The molecule has 27 heavy (non-hydrogen) atoms. The SMILES string of the molecule is Cc1ccc2[nH]c(=O)c(CN(Cc3ccco3)C(=S)NCC(C)C)cc2c1. The fourth-order valence-corrected chi connectivity index (χ4v) is 3.10. The molecule has 3 aromatic rings. The summed E-state index contributed by atoms with van der Waals surface area (Å²) in [6, 6.07) is 11.7. The molecule has 142 valence electrons. The molecule has 0 spiro atoms. The van der Waals surface area contributed by atoms with Crippen molar-refractivity contribution in [1.29, 1.82) is 0 Å².